The van der Waals surface area contributed by atoms with Crippen molar-refractivity contribution in [2.24, 2.45) is 11.1 Å². The van der Waals surface area contributed by atoms with Gasteiger partial charge in [-0.05, 0) is 34.5 Å². The number of Topliss-reactive ketones (excluding diaryl/α,β-unsaturated/α-hetero) is 1. The van der Waals surface area contributed by atoms with Crippen molar-refractivity contribution in [2.75, 3.05) is 6.54 Å². The molecule has 2 nitrogen and oxygen atoms in total. The first-order valence-corrected chi connectivity index (χ1v) is 6.50. The normalized spacial score (nSPS) is 14.3. The van der Waals surface area contributed by atoms with E-state index >= 15 is 0 Å². The Balaban J connectivity index is 3.06. The van der Waals surface area contributed by atoms with Gasteiger partial charge in [-0.25, -0.2) is 8.78 Å². The largest absolute Gasteiger partial charge is 0.329 e. The van der Waals surface area contributed by atoms with Crippen LogP contribution in [0, 0.1) is 17.0 Å². The van der Waals surface area contributed by atoms with Crippen molar-refractivity contribution in [2.45, 2.75) is 26.7 Å². The zero-order valence-electron chi connectivity index (χ0n) is 10.4. The SMILES string of the molecule is CCC(C)(CN)C(=O)Cc1c(F)ccc(Br)c1F. The third-order valence-corrected chi connectivity index (χ3v) is 3.99. The van der Waals surface area contributed by atoms with Gasteiger partial charge in [0.15, 0.2) is 0 Å². The lowest BCUT2D eigenvalue weighted by molar-refractivity contribution is -0.127. The van der Waals surface area contributed by atoms with Crippen LogP contribution < -0.4 is 5.73 Å². The fraction of sp³-hybridized carbons (Fsp3) is 0.462. The minimum Gasteiger partial charge on any atom is -0.329 e. The van der Waals surface area contributed by atoms with Crippen LogP contribution in [0.4, 0.5) is 8.78 Å². The molecule has 0 fully saturated rings. The third kappa shape index (κ3) is 2.95. The van der Waals surface area contributed by atoms with Crippen LogP contribution in [-0.2, 0) is 11.2 Å². The van der Waals surface area contributed by atoms with Gasteiger partial charge in [0.05, 0.1) is 4.47 Å². The maximum absolute atomic E-state index is 13.7. The summed E-state index contributed by atoms with van der Waals surface area (Å²) in [5, 5.41) is 0. The zero-order valence-corrected chi connectivity index (χ0v) is 12.0. The van der Waals surface area contributed by atoms with Crippen molar-refractivity contribution in [3.8, 4) is 0 Å². The first kappa shape index (κ1) is 15.2. The fourth-order valence-electron chi connectivity index (χ4n) is 1.56. The number of carbonyl (C=O) groups is 1. The van der Waals surface area contributed by atoms with E-state index in [1.54, 1.807) is 6.92 Å². The molecular formula is C13H16BrF2NO. The molecule has 0 aliphatic heterocycles. The lowest BCUT2D eigenvalue weighted by Gasteiger charge is -2.24. The van der Waals surface area contributed by atoms with Crippen molar-refractivity contribution in [3.63, 3.8) is 0 Å². The van der Waals surface area contributed by atoms with Crippen LogP contribution in [0.25, 0.3) is 0 Å². The second-order valence-electron chi connectivity index (χ2n) is 4.54. The number of benzene rings is 1. The van der Waals surface area contributed by atoms with E-state index in [0.29, 0.717) is 6.42 Å². The average molecular weight is 320 g/mol. The Labute approximate surface area is 114 Å². The van der Waals surface area contributed by atoms with Crippen LogP contribution in [0.2, 0.25) is 0 Å². The van der Waals surface area contributed by atoms with Crippen LogP contribution >= 0.6 is 15.9 Å². The minimum atomic E-state index is -0.735. The molecule has 1 rings (SSSR count). The molecule has 0 saturated heterocycles. The molecule has 1 aromatic rings. The summed E-state index contributed by atoms with van der Waals surface area (Å²) in [6.45, 7) is 3.71. The average Bonchev–Trinajstić information content (AvgIpc) is 2.37. The Kier molecular flexibility index (Phi) is 4.99. The highest BCUT2D eigenvalue weighted by atomic mass is 79.9. The molecule has 0 spiro atoms. The van der Waals surface area contributed by atoms with Gasteiger partial charge in [0, 0.05) is 23.9 Å². The molecule has 0 amide bonds. The Hall–Kier alpha value is -0.810. The van der Waals surface area contributed by atoms with E-state index in [1.165, 1.54) is 6.07 Å². The maximum atomic E-state index is 13.7. The lowest BCUT2D eigenvalue weighted by atomic mass is 9.80. The number of carbonyl (C=O) groups excluding carboxylic acids is 1. The number of ketones is 1. The third-order valence-electron chi connectivity index (χ3n) is 3.38. The van der Waals surface area contributed by atoms with E-state index in [0.717, 1.165) is 6.07 Å². The van der Waals surface area contributed by atoms with E-state index in [4.69, 9.17) is 5.73 Å². The molecule has 2 N–H and O–H groups in total. The molecule has 0 aliphatic carbocycles. The molecule has 0 bridgehead atoms. The van der Waals surface area contributed by atoms with Crippen molar-refractivity contribution < 1.29 is 13.6 Å². The smallest absolute Gasteiger partial charge is 0.144 e. The highest BCUT2D eigenvalue weighted by Crippen LogP contribution is 2.27. The predicted octanol–water partition coefficient (Wildman–Crippen LogP) is 3.21. The van der Waals surface area contributed by atoms with E-state index in [2.05, 4.69) is 15.9 Å². The lowest BCUT2D eigenvalue weighted by Crippen LogP contribution is -2.36. The van der Waals surface area contributed by atoms with Crippen LogP contribution in [-0.4, -0.2) is 12.3 Å². The van der Waals surface area contributed by atoms with Crippen LogP contribution in [0.15, 0.2) is 16.6 Å². The van der Waals surface area contributed by atoms with Gasteiger partial charge >= 0.3 is 0 Å². The Morgan fingerprint density at radius 2 is 2.06 bits per heavy atom. The van der Waals surface area contributed by atoms with E-state index in [1.807, 2.05) is 6.92 Å². The van der Waals surface area contributed by atoms with Gasteiger partial charge in [-0.15, -0.1) is 0 Å². The van der Waals surface area contributed by atoms with Crippen molar-refractivity contribution in [1.82, 2.24) is 0 Å². The number of hydrogen-bond acceptors (Lipinski definition) is 2. The Bertz CT molecular complexity index is 459. The summed E-state index contributed by atoms with van der Waals surface area (Å²) in [4.78, 5) is 12.1. The quantitative estimate of drug-likeness (QED) is 0.847. The van der Waals surface area contributed by atoms with Gasteiger partial charge < -0.3 is 5.73 Å². The number of hydrogen-bond donors (Lipinski definition) is 1. The molecule has 0 aromatic heterocycles. The van der Waals surface area contributed by atoms with Crippen LogP contribution in [0.5, 0.6) is 0 Å². The summed E-state index contributed by atoms with van der Waals surface area (Å²) in [6, 6.07) is 2.42. The standard InChI is InChI=1S/C13H16BrF2NO/c1-3-13(2,7-17)11(18)6-8-10(15)5-4-9(14)12(8)16/h4-5H,3,6-7,17H2,1-2H3. The summed E-state index contributed by atoms with van der Waals surface area (Å²) in [6.07, 6.45) is 0.262. The number of nitrogens with two attached hydrogens (primary N) is 1. The molecule has 100 valence electrons. The minimum absolute atomic E-state index is 0.151. The van der Waals surface area contributed by atoms with Gasteiger partial charge in [0.1, 0.15) is 17.4 Å². The Morgan fingerprint density at radius 1 is 1.44 bits per heavy atom. The summed E-state index contributed by atoms with van der Waals surface area (Å²) in [5.74, 6) is -1.68. The molecule has 0 aliphatic rings. The van der Waals surface area contributed by atoms with Gasteiger partial charge in [-0.3, -0.25) is 4.79 Å². The van der Waals surface area contributed by atoms with E-state index in [-0.39, 0.29) is 28.8 Å². The molecule has 1 aromatic carbocycles. The van der Waals surface area contributed by atoms with E-state index in [9.17, 15) is 13.6 Å². The van der Waals surface area contributed by atoms with Gasteiger partial charge in [0.2, 0.25) is 0 Å². The van der Waals surface area contributed by atoms with Crippen LogP contribution in [0.3, 0.4) is 0 Å². The van der Waals surface area contributed by atoms with Crippen molar-refractivity contribution >= 4 is 21.7 Å². The molecule has 1 unspecified atom stereocenters. The second kappa shape index (κ2) is 5.89. The highest BCUT2D eigenvalue weighted by molar-refractivity contribution is 9.10. The number of rotatable bonds is 5. The molecular weight excluding hydrogens is 304 g/mol. The Morgan fingerprint density at radius 3 is 2.56 bits per heavy atom. The van der Waals surface area contributed by atoms with E-state index < -0.39 is 17.0 Å². The molecule has 5 heteroatoms. The van der Waals surface area contributed by atoms with Gasteiger partial charge in [0.25, 0.3) is 0 Å². The summed E-state index contributed by atoms with van der Waals surface area (Å²) in [7, 11) is 0. The van der Waals surface area contributed by atoms with Crippen molar-refractivity contribution in [3.05, 3.63) is 33.8 Å². The first-order chi connectivity index (χ1) is 8.35. The van der Waals surface area contributed by atoms with Crippen LogP contribution in [0.1, 0.15) is 25.8 Å². The summed E-state index contributed by atoms with van der Waals surface area (Å²) in [5.41, 5.74) is 4.62. The predicted molar refractivity (Wildman–Crippen MR) is 70.2 cm³/mol. The fourth-order valence-corrected chi connectivity index (χ4v) is 1.93. The highest BCUT2D eigenvalue weighted by Gasteiger charge is 2.30. The summed E-state index contributed by atoms with van der Waals surface area (Å²) < 4.78 is 27.4. The molecule has 0 heterocycles. The molecule has 0 radical (unpaired) electrons. The topological polar surface area (TPSA) is 43.1 Å². The molecule has 18 heavy (non-hydrogen) atoms. The second-order valence-corrected chi connectivity index (χ2v) is 5.39. The number of halogens is 3. The zero-order chi connectivity index (χ0) is 13.9. The molecule has 0 saturated carbocycles. The summed E-state index contributed by atoms with van der Waals surface area (Å²) >= 11 is 2.98. The maximum Gasteiger partial charge on any atom is 0.144 e. The first-order valence-electron chi connectivity index (χ1n) is 5.71. The molecule has 1 atom stereocenters. The van der Waals surface area contributed by atoms with Crippen molar-refractivity contribution in [1.29, 1.82) is 0 Å². The monoisotopic (exact) mass is 319 g/mol. The van der Waals surface area contributed by atoms with Gasteiger partial charge in [-0.2, -0.15) is 0 Å². The van der Waals surface area contributed by atoms with Gasteiger partial charge in [-0.1, -0.05) is 13.8 Å².